The third kappa shape index (κ3) is 4.61. The van der Waals surface area contributed by atoms with E-state index in [1.54, 1.807) is 11.0 Å². The van der Waals surface area contributed by atoms with Gasteiger partial charge in [-0.1, -0.05) is 19.9 Å². The molecule has 4 fully saturated rings. The smallest absolute Gasteiger partial charge is 0.310 e. The molecule has 10 heteroatoms. The number of morpholine rings is 1. The normalized spacial score (nSPS) is 33.3. The van der Waals surface area contributed by atoms with Crippen LogP contribution in [0.5, 0.6) is 0 Å². The Bertz CT molecular complexity index is 830. The Balaban J connectivity index is 1.67. The summed E-state index contributed by atoms with van der Waals surface area (Å²) < 4.78 is 11.7. The van der Waals surface area contributed by atoms with Crippen molar-refractivity contribution in [1.82, 2.24) is 14.7 Å². The fraction of sp³-hybridized carbons (Fsp3) is 0.800. The van der Waals surface area contributed by atoms with Crippen molar-refractivity contribution < 1.29 is 34.1 Å². The van der Waals surface area contributed by atoms with Crippen LogP contribution >= 0.6 is 0 Å². The average Bonchev–Trinajstić information content (AvgIpc) is 3.47. The maximum Gasteiger partial charge on any atom is 0.310 e. The number of hydrogen-bond acceptors (Lipinski definition) is 7. The lowest BCUT2D eigenvalue weighted by Crippen LogP contribution is -2.59. The van der Waals surface area contributed by atoms with Crippen molar-refractivity contribution in [2.75, 3.05) is 52.5 Å². The Morgan fingerprint density at radius 1 is 1.31 bits per heavy atom. The van der Waals surface area contributed by atoms with Gasteiger partial charge in [0.15, 0.2) is 0 Å². The van der Waals surface area contributed by atoms with Gasteiger partial charge in [-0.25, -0.2) is 0 Å². The van der Waals surface area contributed by atoms with Crippen LogP contribution in [0.3, 0.4) is 0 Å². The third-order valence-electron chi connectivity index (χ3n) is 8.06. The second kappa shape index (κ2) is 10.5. The van der Waals surface area contributed by atoms with Gasteiger partial charge in [-0.15, -0.1) is 6.58 Å². The van der Waals surface area contributed by atoms with Crippen LogP contribution in [0.25, 0.3) is 0 Å². The lowest BCUT2D eigenvalue weighted by Gasteiger charge is -2.40. The van der Waals surface area contributed by atoms with Gasteiger partial charge in [0.2, 0.25) is 11.8 Å². The molecule has 2 bridgehead atoms. The Morgan fingerprint density at radius 3 is 2.63 bits per heavy atom. The van der Waals surface area contributed by atoms with E-state index in [9.17, 15) is 24.6 Å². The van der Waals surface area contributed by atoms with Gasteiger partial charge in [0, 0.05) is 32.7 Å². The molecule has 0 aromatic rings. The van der Waals surface area contributed by atoms with Crippen LogP contribution in [-0.2, 0) is 23.9 Å². The fourth-order valence-electron chi connectivity index (χ4n) is 6.57. The van der Waals surface area contributed by atoms with Crippen LogP contribution < -0.4 is 0 Å². The summed E-state index contributed by atoms with van der Waals surface area (Å²) in [4.78, 5) is 45.6. The van der Waals surface area contributed by atoms with Gasteiger partial charge in [0.1, 0.15) is 11.6 Å². The van der Waals surface area contributed by atoms with E-state index in [1.807, 2.05) is 13.8 Å². The highest BCUT2D eigenvalue weighted by atomic mass is 16.5. The van der Waals surface area contributed by atoms with E-state index in [4.69, 9.17) is 9.47 Å². The van der Waals surface area contributed by atoms with Crippen molar-refractivity contribution in [2.45, 2.75) is 56.9 Å². The minimum Gasteiger partial charge on any atom is -0.481 e. The summed E-state index contributed by atoms with van der Waals surface area (Å²) in [6, 6.07) is -1.55. The molecule has 2 amide bonds. The number of aliphatic carboxylic acids is 1. The van der Waals surface area contributed by atoms with Gasteiger partial charge in [-0.2, -0.15) is 0 Å². The highest BCUT2D eigenvalue weighted by Crippen LogP contribution is 2.59. The van der Waals surface area contributed by atoms with Crippen LogP contribution in [0.2, 0.25) is 0 Å². The fourth-order valence-corrected chi connectivity index (χ4v) is 6.57. The second-order valence-corrected chi connectivity index (χ2v) is 10.6. The maximum atomic E-state index is 14.2. The molecule has 1 spiro atoms. The number of carbonyl (C=O) groups is 3. The van der Waals surface area contributed by atoms with Gasteiger partial charge in [-0.05, 0) is 25.2 Å². The molecule has 10 nitrogen and oxygen atoms in total. The zero-order valence-electron chi connectivity index (χ0n) is 20.8. The van der Waals surface area contributed by atoms with Crippen molar-refractivity contribution in [3.05, 3.63) is 12.7 Å². The first-order valence-electron chi connectivity index (χ1n) is 12.8. The zero-order chi connectivity index (χ0) is 25.3. The number of fused-ring (bicyclic) bond motifs is 1. The Kier molecular flexibility index (Phi) is 7.85. The number of carbonyl (C=O) groups excluding carboxylic acids is 2. The Morgan fingerprint density at radius 2 is 2.03 bits per heavy atom. The summed E-state index contributed by atoms with van der Waals surface area (Å²) in [6.07, 6.45) is 2.55. The van der Waals surface area contributed by atoms with E-state index in [1.165, 1.54) is 4.90 Å². The monoisotopic (exact) mass is 493 g/mol. The Hall–Kier alpha value is -2.01. The number of ether oxygens (including phenoxy) is 2. The van der Waals surface area contributed by atoms with Crippen molar-refractivity contribution in [2.24, 2.45) is 17.8 Å². The molecule has 0 aliphatic carbocycles. The number of carboxylic acids is 1. The van der Waals surface area contributed by atoms with Crippen molar-refractivity contribution >= 4 is 17.8 Å². The van der Waals surface area contributed by atoms with Crippen molar-refractivity contribution in [3.63, 3.8) is 0 Å². The lowest BCUT2D eigenvalue weighted by atomic mass is 9.70. The molecule has 35 heavy (non-hydrogen) atoms. The zero-order valence-corrected chi connectivity index (χ0v) is 20.8. The SMILES string of the molecule is C=CCN(CCN1CCOCC1)C(=O)[C@H]1N([C@@H](CO)CC(C)C)C(=O)[C@@H]2[C@@H](C(=O)O)[C@H]3CC[C@]21O3. The van der Waals surface area contributed by atoms with E-state index >= 15 is 0 Å². The molecule has 4 saturated heterocycles. The van der Waals surface area contributed by atoms with Crippen LogP contribution in [-0.4, -0.2) is 119 Å². The minimum absolute atomic E-state index is 0.173. The molecule has 0 saturated carbocycles. The predicted octanol–water partition coefficient (Wildman–Crippen LogP) is 0.199. The molecule has 0 radical (unpaired) electrons. The van der Waals surface area contributed by atoms with Gasteiger partial charge in [0.05, 0.1) is 43.8 Å². The summed E-state index contributed by atoms with van der Waals surface area (Å²) in [5, 5.41) is 20.2. The summed E-state index contributed by atoms with van der Waals surface area (Å²) in [5.41, 5.74) is -1.18. The van der Waals surface area contributed by atoms with E-state index in [2.05, 4.69) is 11.5 Å². The average molecular weight is 494 g/mol. The number of carboxylic acid groups (broad SMARTS) is 1. The highest BCUT2D eigenvalue weighted by Gasteiger charge is 2.75. The topological polar surface area (TPSA) is 120 Å². The molecule has 6 atom stereocenters. The minimum atomic E-state index is -1.18. The number of aliphatic hydroxyl groups excluding tert-OH is 1. The molecule has 0 unspecified atom stereocenters. The van der Waals surface area contributed by atoms with Gasteiger partial charge >= 0.3 is 5.97 Å². The molecule has 4 aliphatic rings. The number of aliphatic hydroxyl groups is 1. The molecular weight excluding hydrogens is 454 g/mol. The summed E-state index contributed by atoms with van der Waals surface area (Å²) in [6.45, 7) is 11.8. The van der Waals surface area contributed by atoms with Crippen molar-refractivity contribution in [3.8, 4) is 0 Å². The van der Waals surface area contributed by atoms with Gasteiger partial charge in [0.25, 0.3) is 0 Å². The molecule has 4 heterocycles. The largest absolute Gasteiger partial charge is 0.481 e. The Labute approximate surface area is 206 Å². The molecule has 4 rings (SSSR count). The van der Waals surface area contributed by atoms with Crippen LogP contribution in [0.15, 0.2) is 12.7 Å². The maximum absolute atomic E-state index is 14.2. The number of nitrogens with zero attached hydrogens (tertiary/aromatic N) is 3. The molecular formula is C25H39N3O7. The third-order valence-corrected chi connectivity index (χ3v) is 8.06. The summed E-state index contributed by atoms with van der Waals surface area (Å²) >= 11 is 0. The number of hydrogen-bond donors (Lipinski definition) is 2. The number of amides is 2. The molecule has 4 aliphatic heterocycles. The lowest BCUT2D eigenvalue weighted by molar-refractivity contribution is -0.153. The quantitative estimate of drug-likeness (QED) is 0.392. The highest BCUT2D eigenvalue weighted by molar-refractivity contribution is 5.98. The summed E-state index contributed by atoms with van der Waals surface area (Å²) in [5.74, 6) is -3.43. The van der Waals surface area contributed by atoms with Crippen molar-refractivity contribution in [1.29, 1.82) is 0 Å². The van der Waals surface area contributed by atoms with Gasteiger partial charge < -0.3 is 29.5 Å². The molecule has 196 valence electrons. The van der Waals surface area contributed by atoms with Gasteiger partial charge in [-0.3, -0.25) is 19.3 Å². The first-order chi connectivity index (χ1) is 16.7. The van der Waals surface area contributed by atoms with E-state index in [0.29, 0.717) is 52.1 Å². The van der Waals surface area contributed by atoms with E-state index < -0.39 is 41.6 Å². The van der Waals surface area contributed by atoms with Crippen LogP contribution in [0.4, 0.5) is 0 Å². The van der Waals surface area contributed by atoms with E-state index in [0.717, 1.165) is 13.1 Å². The van der Waals surface area contributed by atoms with Crippen LogP contribution in [0, 0.1) is 17.8 Å². The standard InChI is InChI=1S/C25H39N3O7/c1-4-7-27(9-8-26-10-12-34-13-11-26)23(31)21-25-6-5-18(35-25)19(24(32)33)20(25)22(30)28(21)17(15-29)14-16(2)3/h4,16-21,29H,1,5-15H2,2-3H3,(H,32,33)/t17-,18-,19+,20+,21-,25+/m1/s1. The molecule has 0 aromatic heterocycles. The first-order valence-corrected chi connectivity index (χ1v) is 12.8. The predicted molar refractivity (Wildman–Crippen MR) is 126 cm³/mol. The van der Waals surface area contributed by atoms with Crippen LogP contribution in [0.1, 0.15) is 33.1 Å². The first kappa shape index (κ1) is 26.1. The molecule has 0 aromatic carbocycles. The number of rotatable bonds is 11. The molecule has 2 N–H and O–H groups in total. The summed E-state index contributed by atoms with van der Waals surface area (Å²) in [7, 11) is 0. The second-order valence-electron chi connectivity index (χ2n) is 10.6. The number of likely N-dealkylation sites (tertiary alicyclic amines) is 1. The van der Waals surface area contributed by atoms with E-state index in [-0.39, 0.29) is 24.3 Å².